The van der Waals surface area contributed by atoms with Gasteiger partial charge in [-0.25, -0.2) is 4.98 Å². The Bertz CT molecular complexity index is 450. The lowest BCUT2D eigenvalue weighted by molar-refractivity contribution is 0.0886. The van der Waals surface area contributed by atoms with Crippen LogP contribution in [0.5, 0.6) is 0 Å². The monoisotopic (exact) mass is 312 g/mol. The first-order valence-electron chi connectivity index (χ1n) is 7.57. The summed E-state index contributed by atoms with van der Waals surface area (Å²) in [6.07, 6.45) is 3.42. The molecule has 1 fully saturated rings. The van der Waals surface area contributed by atoms with Gasteiger partial charge in [0.1, 0.15) is 5.69 Å². The SMILES string of the molecule is CCNc1nc(C(=O)NC[C@H]2CCCCN2CCO)cs1. The maximum absolute atomic E-state index is 12.1. The number of nitrogens with zero attached hydrogens (tertiary/aromatic N) is 2. The lowest BCUT2D eigenvalue weighted by Gasteiger charge is -2.35. The zero-order valence-electron chi connectivity index (χ0n) is 12.5. The minimum Gasteiger partial charge on any atom is -0.395 e. The number of carbonyl (C=O) groups is 1. The van der Waals surface area contributed by atoms with E-state index in [0.717, 1.165) is 24.6 Å². The second-order valence-electron chi connectivity index (χ2n) is 5.19. The Kier molecular flexibility index (Phi) is 6.41. The fourth-order valence-electron chi connectivity index (χ4n) is 2.63. The van der Waals surface area contributed by atoms with Crippen molar-refractivity contribution in [3.63, 3.8) is 0 Å². The van der Waals surface area contributed by atoms with E-state index in [9.17, 15) is 4.79 Å². The molecule has 1 aliphatic rings. The Hall–Kier alpha value is -1.18. The Balaban J connectivity index is 1.84. The van der Waals surface area contributed by atoms with E-state index in [1.807, 2.05) is 6.92 Å². The molecule has 0 aromatic carbocycles. The van der Waals surface area contributed by atoms with E-state index in [1.165, 1.54) is 24.2 Å². The van der Waals surface area contributed by atoms with Crippen molar-refractivity contribution in [3.8, 4) is 0 Å². The van der Waals surface area contributed by atoms with Crippen LogP contribution < -0.4 is 10.6 Å². The molecule has 3 N–H and O–H groups in total. The average Bonchev–Trinajstić information content (AvgIpc) is 2.95. The van der Waals surface area contributed by atoms with Crippen molar-refractivity contribution >= 4 is 22.4 Å². The molecule has 1 amide bonds. The Morgan fingerprint density at radius 1 is 1.57 bits per heavy atom. The summed E-state index contributed by atoms with van der Waals surface area (Å²) in [4.78, 5) is 18.6. The van der Waals surface area contributed by atoms with Crippen LogP contribution in [0.15, 0.2) is 5.38 Å². The summed E-state index contributed by atoms with van der Waals surface area (Å²) in [5, 5.41) is 17.7. The van der Waals surface area contributed by atoms with Crippen molar-refractivity contribution in [3.05, 3.63) is 11.1 Å². The number of rotatable bonds is 7. The first kappa shape index (κ1) is 16.2. The normalized spacial score (nSPS) is 19.4. The average molecular weight is 312 g/mol. The number of β-amino-alcohol motifs (C(OH)–C–C–N with tert-alkyl or cyclic N) is 1. The number of aromatic nitrogens is 1. The zero-order chi connectivity index (χ0) is 15.1. The third kappa shape index (κ3) is 4.66. The van der Waals surface area contributed by atoms with Gasteiger partial charge < -0.3 is 15.7 Å². The van der Waals surface area contributed by atoms with Crippen molar-refractivity contribution in [2.75, 3.05) is 38.1 Å². The van der Waals surface area contributed by atoms with Crippen LogP contribution >= 0.6 is 11.3 Å². The van der Waals surface area contributed by atoms with Crippen LogP contribution in [0.3, 0.4) is 0 Å². The van der Waals surface area contributed by atoms with Crippen molar-refractivity contribution in [2.45, 2.75) is 32.2 Å². The molecule has 2 heterocycles. The maximum atomic E-state index is 12.1. The van der Waals surface area contributed by atoms with Crippen LogP contribution in [0.25, 0.3) is 0 Å². The number of nitrogens with one attached hydrogen (secondary N) is 2. The van der Waals surface area contributed by atoms with Crippen LogP contribution in [-0.4, -0.2) is 59.7 Å². The summed E-state index contributed by atoms with van der Waals surface area (Å²) < 4.78 is 0. The first-order valence-corrected chi connectivity index (χ1v) is 8.45. The number of aliphatic hydroxyl groups is 1. The molecule has 21 heavy (non-hydrogen) atoms. The topological polar surface area (TPSA) is 77.5 Å². The lowest BCUT2D eigenvalue weighted by atomic mass is 10.0. The second kappa shape index (κ2) is 8.31. The maximum Gasteiger partial charge on any atom is 0.270 e. The van der Waals surface area contributed by atoms with Gasteiger partial charge in [-0.1, -0.05) is 6.42 Å². The molecule has 6 nitrogen and oxygen atoms in total. The molecule has 2 rings (SSSR count). The summed E-state index contributed by atoms with van der Waals surface area (Å²) in [6, 6.07) is 0.321. The van der Waals surface area contributed by atoms with Crippen molar-refractivity contribution in [1.82, 2.24) is 15.2 Å². The third-order valence-electron chi connectivity index (χ3n) is 3.70. The molecule has 1 aromatic rings. The number of aliphatic hydroxyl groups excluding tert-OH is 1. The van der Waals surface area contributed by atoms with Gasteiger partial charge in [-0.2, -0.15) is 0 Å². The van der Waals surface area contributed by atoms with E-state index in [2.05, 4.69) is 20.5 Å². The number of amides is 1. The van der Waals surface area contributed by atoms with Crippen LogP contribution in [0, 0.1) is 0 Å². The highest BCUT2D eigenvalue weighted by molar-refractivity contribution is 7.13. The van der Waals surface area contributed by atoms with Gasteiger partial charge in [-0.05, 0) is 26.3 Å². The number of carbonyl (C=O) groups excluding carboxylic acids is 1. The molecular weight excluding hydrogens is 288 g/mol. The molecule has 7 heteroatoms. The molecule has 0 bridgehead atoms. The van der Waals surface area contributed by atoms with E-state index in [4.69, 9.17) is 5.11 Å². The number of thiazole rings is 1. The van der Waals surface area contributed by atoms with E-state index in [-0.39, 0.29) is 12.5 Å². The predicted octanol–water partition coefficient (Wildman–Crippen LogP) is 1.15. The van der Waals surface area contributed by atoms with Gasteiger partial charge in [0.2, 0.25) is 0 Å². The van der Waals surface area contributed by atoms with E-state index < -0.39 is 0 Å². The molecule has 0 unspecified atom stereocenters. The third-order valence-corrected chi connectivity index (χ3v) is 4.50. The van der Waals surface area contributed by atoms with Crippen molar-refractivity contribution in [1.29, 1.82) is 0 Å². The highest BCUT2D eigenvalue weighted by atomic mass is 32.1. The van der Waals surface area contributed by atoms with Crippen molar-refractivity contribution in [2.24, 2.45) is 0 Å². The number of likely N-dealkylation sites (tertiary alicyclic amines) is 1. The highest BCUT2D eigenvalue weighted by Gasteiger charge is 2.22. The smallest absolute Gasteiger partial charge is 0.270 e. The standard InChI is InChI=1S/C14H24N4O2S/c1-2-15-14-17-12(10-21-14)13(20)16-9-11-5-3-4-6-18(11)7-8-19/h10-11,19H,2-9H2,1H3,(H,15,17)(H,16,20)/t11-/m1/s1. The van der Waals surface area contributed by atoms with E-state index >= 15 is 0 Å². The number of hydrogen-bond donors (Lipinski definition) is 3. The van der Waals surface area contributed by atoms with E-state index in [1.54, 1.807) is 5.38 Å². The van der Waals surface area contributed by atoms with Crippen LogP contribution in [0.1, 0.15) is 36.7 Å². The molecule has 1 atom stereocenters. The minimum absolute atomic E-state index is 0.120. The van der Waals surface area contributed by atoms with Gasteiger partial charge in [0.25, 0.3) is 5.91 Å². The number of piperidine rings is 1. The van der Waals surface area contributed by atoms with Gasteiger partial charge >= 0.3 is 0 Å². The molecule has 1 aliphatic heterocycles. The minimum atomic E-state index is -0.120. The number of anilines is 1. The van der Waals surface area contributed by atoms with Gasteiger partial charge in [0.05, 0.1) is 6.61 Å². The zero-order valence-corrected chi connectivity index (χ0v) is 13.3. The summed E-state index contributed by atoms with van der Waals surface area (Å²) >= 11 is 1.45. The Labute approximate surface area is 129 Å². The molecule has 1 saturated heterocycles. The number of hydrogen-bond acceptors (Lipinski definition) is 6. The summed E-state index contributed by atoms with van der Waals surface area (Å²) in [6.45, 7) is 5.27. The molecule has 0 spiro atoms. The predicted molar refractivity (Wildman–Crippen MR) is 84.9 cm³/mol. The second-order valence-corrected chi connectivity index (χ2v) is 6.05. The van der Waals surface area contributed by atoms with Crippen LogP contribution in [0.4, 0.5) is 5.13 Å². The van der Waals surface area contributed by atoms with Gasteiger partial charge in [-0.15, -0.1) is 11.3 Å². The molecule has 0 aliphatic carbocycles. The van der Waals surface area contributed by atoms with Gasteiger partial charge in [-0.3, -0.25) is 9.69 Å². The molecule has 0 radical (unpaired) electrons. The highest BCUT2D eigenvalue weighted by Crippen LogP contribution is 2.17. The lowest BCUT2D eigenvalue weighted by Crippen LogP contribution is -2.47. The van der Waals surface area contributed by atoms with E-state index in [0.29, 0.717) is 24.8 Å². The van der Waals surface area contributed by atoms with Gasteiger partial charge in [0, 0.05) is 31.1 Å². The summed E-state index contributed by atoms with van der Waals surface area (Å²) in [5.41, 5.74) is 0.473. The fourth-order valence-corrected chi connectivity index (χ4v) is 3.39. The Morgan fingerprint density at radius 2 is 2.43 bits per heavy atom. The van der Waals surface area contributed by atoms with Crippen molar-refractivity contribution < 1.29 is 9.90 Å². The van der Waals surface area contributed by atoms with Crippen LogP contribution in [0.2, 0.25) is 0 Å². The summed E-state index contributed by atoms with van der Waals surface area (Å²) in [7, 11) is 0. The molecule has 1 aromatic heterocycles. The fraction of sp³-hybridized carbons (Fsp3) is 0.714. The molecular formula is C14H24N4O2S. The Morgan fingerprint density at radius 3 is 3.19 bits per heavy atom. The molecule has 0 saturated carbocycles. The van der Waals surface area contributed by atoms with Gasteiger partial charge in [0.15, 0.2) is 5.13 Å². The van der Waals surface area contributed by atoms with Crippen LogP contribution in [-0.2, 0) is 0 Å². The molecule has 118 valence electrons. The quantitative estimate of drug-likeness (QED) is 0.704. The summed E-state index contributed by atoms with van der Waals surface area (Å²) in [5.74, 6) is -0.120. The first-order chi connectivity index (χ1) is 10.2. The largest absolute Gasteiger partial charge is 0.395 e.